The van der Waals surface area contributed by atoms with E-state index in [1.54, 1.807) is 6.92 Å². The Morgan fingerprint density at radius 1 is 1.28 bits per heavy atom. The summed E-state index contributed by atoms with van der Waals surface area (Å²) < 4.78 is 11.4. The number of carbonyl (C=O) groups is 2. The number of rotatable bonds is 8. The molecule has 0 aromatic rings. The third-order valence-corrected chi connectivity index (χ3v) is 5.65. The summed E-state index contributed by atoms with van der Waals surface area (Å²) in [6, 6.07) is 0. The molecule has 4 heteroatoms. The van der Waals surface area contributed by atoms with Crippen LogP contribution in [0.1, 0.15) is 73.6 Å². The van der Waals surface area contributed by atoms with Crippen molar-refractivity contribution in [2.75, 3.05) is 6.61 Å². The van der Waals surface area contributed by atoms with Gasteiger partial charge in [-0.25, -0.2) is 0 Å². The third kappa shape index (κ3) is 6.19. The number of ether oxygens (including phenoxy) is 2. The van der Waals surface area contributed by atoms with Gasteiger partial charge in [0.15, 0.2) is 5.78 Å². The molecule has 2 aliphatic rings. The second-order valence-electron chi connectivity index (χ2n) is 8.77. The van der Waals surface area contributed by atoms with Gasteiger partial charge in [-0.1, -0.05) is 30.2 Å². The van der Waals surface area contributed by atoms with E-state index in [9.17, 15) is 9.59 Å². The molecule has 1 heterocycles. The van der Waals surface area contributed by atoms with Gasteiger partial charge < -0.3 is 9.47 Å². The van der Waals surface area contributed by atoms with Gasteiger partial charge in [0.05, 0.1) is 12.2 Å². The minimum Gasteiger partial charge on any atom is -0.487 e. The van der Waals surface area contributed by atoms with Gasteiger partial charge in [0.25, 0.3) is 0 Å². The monoisotopic (exact) mass is 400 g/mol. The van der Waals surface area contributed by atoms with Gasteiger partial charge in [0.2, 0.25) is 0 Å². The van der Waals surface area contributed by atoms with E-state index in [2.05, 4.69) is 39.8 Å². The second kappa shape index (κ2) is 10.1. The molecule has 1 aliphatic heterocycles. The maximum Gasteiger partial charge on any atom is 0.317 e. The van der Waals surface area contributed by atoms with Gasteiger partial charge >= 0.3 is 5.97 Å². The predicted molar refractivity (Wildman–Crippen MR) is 116 cm³/mol. The number of allylic oxidation sites excluding steroid dienone is 7. The van der Waals surface area contributed by atoms with Crippen molar-refractivity contribution in [3.05, 3.63) is 46.8 Å². The van der Waals surface area contributed by atoms with Crippen LogP contribution in [0.15, 0.2) is 46.8 Å². The van der Waals surface area contributed by atoms with Crippen LogP contribution in [-0.4, -0.2) is 24.0 Å². The Balaban J connectivity index is 1.99. The van der Waals surface area contributed by atoms with Crippen LogP contribution >= 0.6 is 0 Å². The number of hydrogen-bond acceptors (Lipinski definition) is 4. The highest BCUT2D eigenvalue weighted by Gasteiger charge is 2.43. The van der Waals surface area contributed by atoms with Crippen LogP contribution in [-0.2, 0) is 19.1 Å². The smallest absolute Gasteiger partial charge is 0.317 e. The molecule has 0 N–H and O–H groups in total. The largest absolute Gasteiger partial charge is 0.487 e. The summed E-state index contributed by atoms with van der Waals surface area (Å²) in [4.78, 5) is 25.0. The number of carbonyl (C=O) groups excluding carboxylic acids is 2. The lowest BCUT2D eigenvalue weighted by Gasteiger charge is -2.37. The minimum absolute atomic E-state index is 0.117. The van der Waals surface area contributed by atoms with E-state index in [-0.39, 0.29) is 18.3 Å². The molecule has 2 rings (SSSR count). The number of Topliss-reactive ketones (excluding diaryl/α,β-unsaturated/α-hetero) is 1. The summed E-state index contributed by atoms with van der Waals surface area (Å²) in [5.41, 5.74) is 2.86. The zero-order chi connectivity index (χ0) is 21.6. The van der Waals surface area contributed by atoms with Crippen molar-refractivity contribution >= 4 is 11.8 Å². The third-order valence-electron chi connectivity index (χ3n) is 5.65. The molecule has 4 nitrogen and oxygen atoms in total. The van der Waals surface area contributed by atoms with Gasteiger partial charge in [0, 0.05) is 6.42 Å². The van der Waals surface area contributed by atoms with Gasteiger partial charge in [0.1, 0.15) is 17.3 Å². The van der Waals surface area contributed by atoms with Crippen LogP contribution in [0.3, 0.4) is 0 Å². The minimum atomic E-state index is -0.724. The highest BCUT2D eigenvalue weighted by Crippen LogP contribution is 2.40. The molecule has 0 amide bonds. The lowest BCUT2D eigenvalue weighted by Crippen LogP contribution is -2.40. The second-order valence-corrected chi connectivity index (χ2v) is 8.77. The molecule has 0 aromatic heterocycles. The normalized spacial score (nSPS) is 26.7. The van der Waals surface area contributed by atoms with E-state index in [1.165, 1.54) is 11.1 Å². The highest BCUT2D eigenvalue weighted by molar-refractivity contribution is 6.11. The SMILES string of the molecule is CCOC(=O)C1C(=O)C2=C(CC1C)OC(C)(CC/C=C(\C)CCC=C(C)C)C=C2. The molecule has 29 heavy (non-hydrogen) atoms. The fourth-order valence-corrected chi connectivity index (χ4v) is 3.93. The van der Waals surface area contributed by atoms with Crippen molar-refractivity contribution in [1.82, 2.24) is 0 Å². The number of ketones is 1. The van der Waals surface area contributed by atoms with E-state index in [0.29, 0.717) is 12.0 Å². The first kappa shape index (κ1) is 23.2. The molecule has 0 saturated carbocycles. The van der Waals surface area contributed by atoms with E-state index in [0.717, 1.165) is 31.4 Å². The van der Waals surface area contributed by atoms with Gasteiger partial charge in [-0.15, -0.1) is 0 Å². The molecule has 0 radical (unpaired) electrons. The highest BCUT2D eigenvalue weighted by atomic mass is 16.5. The molecule has 0 aromatic carbocycles. The van der Waals surface area contributed by atoms with Gasteiger partial charge in [-0.3, -0.25) is 9.59 Å². The summed E-state index contributed by atoms with van der Waals surface area (Å²) in [5.74, 6) is -0.721. The molecule has 1 aliphatic carbocycles. The standard InChI is InChI=1S/C25H36O4/c1-7-28-24(27)22-19(5)16-21-20(23(22)26)13-15-25(6,29-21)14-9-12-18(4)11-8-10-17(2)3/h10,12-13,15,19,22H,7-9,11,14,16H2,1-6H3/b18-12+. The molecule has 0 bridgehead atoms. The first-order valence-corrected chi connectivity index (χ1v) is 10.8. The number of hydrogen-bond donors (Lipinski definition) is 0. The fraction of sp³-hybridized carbons (Fsp3) is 0.600. The summed E-state index contributed by atoms with van der Waals surface area (Å²) in [5, 5.41) is 0. The summed E-state index contributed by atoms with van der Waals surface area (Å²) in [7, 11) is 0. The lowest BCUT2D eigenvalue weighted by atomic mass is 9.77. The van der Waals surface area contributed by atoms with Crippen molar-refractivity contribution in [3.8, 4) is 0 Å². The molecular formula is C25H36O4. The van der Waals surface area contributed by atoms with E-state index in [1.807, 2.05) is 19.1 Å². The Bertz CT molecular complexity index is 749. The molecule has 0 saturated heterocycles. The van der Waals surface area contributed by atoms with E-state index < -0.39 is 17.5 Å². The molecule has 0 spiro atoms. The lowest BCUT2D eigenvalue weighted by molar-refractivity contribution is -0.153. The Kier molecular flexibility index (Phi) is 8.06. The Labute approximate surface area is 175 Å². The number of esters is 1. The van der Waals surface area contributed by atoms with Crippen LogP contribution in [0.25, 0.3) is 0 Å². The van der Waals surface area contributed by atoms with Gasteiger partial charge in [-0.2, -0.15) is 0 Å². The van der Waals surface area contributed by atoms with Crippen molar-refractivity contribution in [2.45, 2.75) is 79.2 Å². The first-order chi connectivity index (χ1) is 13.7. The van der Waals surface area contributed by atoms with Crippen LogP contribution in [0.5, 0.6) is 0 Å². The molecule has 160 valence electrons. The summed E-state index contributed by atoms with van der Waals surface area (Å²) in [6.45, 7) is 12.5. The van der Waals surface area contributed by atoms with Crippen LogP contribution in [0.4, 0.5) is 0 Å². The molecule has 3 atom stereocenters. The van der Waals surface area contributed by atoms with Crippen molar-refractivity contribution in [3.63, 3.8) is 0 Å². The first-order valence-electron chi connectivity index (χ1n) is 10.8. The summed E-state index contributed by atoms with van der Waals surface area (Å²) in [6.07, 6.45) is 12.9. The zero-order valence-corrected chi connectivity index (χ0v) is 18.8. The van der Waals surface area contributed by atoms with Crippen molar-refractivity contribution in [1.29, 1.82) is 0 Å². The average molecular weight is 401 g/mol. The topological polar surface area (TPSA) is 52.6 Å². The maximum atomic E-state index is 12.8. The predicted octanol–water partition coefficient (Wildman–Crippen LogP) is 5.85. The Morgan fingerprint density at radius 3 is 2.66 bits per heavy atom. The van der Waals surface area contributed by atoms with E-state index >= 15 is 0 Å². The van der Waals surface area contributed by atoms with Crippen LogP contribution in [0, 0.1) is 11.8 Å². The summed E-state index contributed by atoms with van der Waals surface area (Å²) >= 11 is 0. The van der Waals surface area contributed by atoms with Crippen molar-refractivity contribution in [2.24, 2.45) is 11.8 Å². The maximum absolute atomic E-state index is 12.8. The Morgan fingerprint density at radius 2 is 2.00 bits per heavy atom. The fourth-order valence-electron chi connectivity index (χ4n) is 3.93. The van der Waals surface area contributed by atoms with Crippen molar-refractivity contribution < 1.29 is 19.1 Å². The molecule has 0 fully saturated rings. The van der Waals surface area contributed by atoms with Gasteiger partial charge in [-0.05, 0) is 78.4 Å². The molecular weight excluding hydrogens is 364 g/mol. The molecule has 3 unspecified atom stereocenters. The average Bonchev–Trinajstić information content (AvgIpc) is 2.61. The van der Waals surface area contributed by atoms with E-state index in [4.69, 9.17) is 9.47 Å². The quantitative estimate of drug-likeness (QED) is 0.291. The van der Waals surface area contributed by atoms with Crippen LogP contribution in [0.2, 0.25) is 0 Å². The zero-order valence-electron chi connectivity index (χ0n) is 18.8. The Hall–Kier alpha value is -2.10. The van der Waals surface area contributed by atoms with Crippen LogP contribution < -0.4 is 0 Å².